The maximum Gasteiger partial charge on any atom is 0.222 e. The Morgan fingerprint density at radius 2 is 2.42 bits per heavy atom. The van der Waals surface area contributed by atoms with E-state index in [1.54, 1.807) is 0 Å². The third-order valence-corrected chi connectivity index (χ3v) is 1.33. The van der Waals surface area contributed by atoms with Gasteiger partial charge in [-0.2, -0.15) is 5.26 Å². The summed E-state index contributed by atoms with van der Waals surface area (Å²) in [7, 11) is 1.52. The van der Waals surface area contributed by atoms with Crippen LogP contribution in [0.15, 0.2) is 0 Å². The molecule has 0 spiro atoms. The van der Waals surface area contributed by atoms with Crippen LogP contribution >= 0.6 is 0 Å². The van der Waals surface area contributed by atoms with Gasteiger partial charge in [0.05, 0.1) is 19.1 Å². The highest BCUT2D eigenvalue weighted by Crippen LogP contribution is 1.88. The van der Waals surface area contributed by atoms with Gasteiger partial charge in [0.25, 0.3) is 0 Å². The maximum atomic E-state index is 10.8. The average Bonchev–Trinajstić information content (AvgIpc) is 2.11. The number of rotatable bonds is 5. The van der Waals surface area contributed by atoms with Crippen LogP contribution in [0.25, 0.3) is 0 Å². The minimum Gasteiger partial charge on any atom is -0.395 e. The number of aliphatic hydroxyl groups excluding tert-OH is 1. The van der Waals surface area contributed by atoms with E-state index in [-0.39, 0.29) is 18.9 Å². The molecule has 0 bridgehead atoms. The van der Waals surface area contributed by atoms with E-state index in [0.717, 1.165) is 0 Å². The molecule has 5 nitrogen and oxygen atoms in total. The third kappa shape index (κ3) is 4.66. The van der Waals surface area contributed by atoms with Gasteiger partial charge in [-0.3, -0.25) is 10.1 Å². The van der Waals surface area contributed by atoms with E-state index in [0.29, 0.717) is 6.54 Å². The molecule has 0 aliphatic rings. The Balaban J connectivity index is 3.69. The van der Waals surface area contributed by atoms with Crippen LogP contribution in [0.5, 0.6) is 0 Å². The normalized spacial score (nSPS) is 11.8. The van der Waals surface area contributed by atoms with Crippen molar-refractivity contribution in [1.82, 2.24) is 10.6 Å². The fourth-order valence-electron chi connectivity index (χ4n) is 0.690. The summed E-state index contributed by atoms with van der Waals surface area (Å²) in [5, 5.41) is 22.1. The molecule has 0 aromatic heterocycles. The summed E-state index contributed by atoms with van der Waals surface area (Å²) in [5.74, 6) is -0.188. The summed E-state index contributed by atoms with van der Waals surface area (Å²) in [6, 6.07) is 1.40. The van der Waals surface area contributed by atoms with Crippen molar-refractivity contribution < 1.29 is 9.90 Å². The molecular formula is C7H13N3O2. The van der Waals surface area contributed by atoms with Gasteiger partial charge >= 0.3 is 0 Å². The Morgan fingerprint density at radius 3 is 2.83 bits per heavy atom. The quantitative estimate of drug-likeness (QED) is 0.474. The molecule has 12 heavy (non-hydrogen) atoms. The number of carbonyl (C=O) groups is 1. The van der Waals surface area contributed by atoms with Crippen LogP contribution in [-0.2, 0) is 4.79 Å². The summed E-state index contributed by atoms with van der Waals surface area (Å²) in [6.45, 7) is 0.293. The van der Waals surface area contributed by atoms with Crippen molar-refractivity contribution in [2.75, 3.05) is 20.2 Å². The highest BCUT2D eigenvalue weighted by atomic mass is 16.3. The lowest BCUT2D eigenvalue weighted by Crippen LogP contribution is -2.35. The lowest BCUT2D eigenvalue weighted by Gasteiger charge is -2.08. The molecule has 0 aromatic rings. The summed E-state index contributed by atoms with van der Waals surface area (Å²) in [5.41, 5.74) is 0. The van der Waals surface area contributed by atoms with Crippen LogP contribution in [0.4, 0.5) is 0 Å². The van der Waals surface area contributed by atoms with Gasteiger partial charge in [-0.15, -0.1) is 0 Å². The van der Waals surface area contributed by atoms with Gasteiger partial charge < -0.3 is 10.4 Å². The highest BCUT2D eigenvalue weighted by molar-refractivity contribution is 5.76. The van der Waals surface area contributed by atoms with Crippen LogP contribution in [0.1, 0.15) is 6.42 Å². The second kappa shape index (κ2) is 6.58. The number of aliphatic hydroxyl groups is 1. The first-order valence-corrected chi connectivity index (χ1v) is 3.69. The maximum absolute atomic E-state index is 10.8. The molecule has 0 saturated heterocycles. The summed E-state index contributed by atoms with van der Waals surface area (Å²) in [6.07, 6.45) is 0.118. The monoisotopic (exact) mass is 171 g/mol. The van der Waals surface area contributed by atoms with Crippen LogP contribution in [-0.4, -0.2) is 37.3 Å². The van der Waals surface area contributed by atoms with Crippen LogP contribution in [0.3, 0.4) is 0 Å². The average molecular weight is 171 g/mol. The lowest BCUT2D eigenvalue weighted by molar-refractivity contribution is -0.120. The molecule has 1 atom stereocenters. The predicted molar refractivity (Wildman–Crippen MR) is 43.2 cm³/mol. The van der Waals surface area contributed by atoms with Crippen molar-refractivity contribution in [2.24, 2.45) is 0 Å². The van der Waals surface area contributed by atoms with E-state index in [2.05, 4.69) is 10.6 Å². The van der Waals surface area contributed by atoms with Crippen molar-refractivity contribution >= 4 is 5.91 Å². The van der Waals surface area contributed by atoms with Crippen molar-refractivity contribution in [1.29, 1.82) is 5.26 Å². The van der Waals surface area contributed by atoms with E-state index >= 15 is 0 Å². The van der Waals surface area contributed by atoms with Crippen LogP contribution < -0.4 is 10.6 Å². The number of carbonyl (C=O) groups excluding carboxylic acids is 1. The van der Waals surface area contributed by atoms with Gasteiger partial charge in [0, 0.05) is 13.6 Å². The first kappa shape index (κ1) is 10.9. The zero-order valence-corrected chi connectivity index (χ0v) is 7.00. The number of nitrogens with zero attached hydrogens (tertiary/aromatic N) is 1. The minimum atomic E-state index is -0.517. The molecule has 0 radical (unpaired) electrons. The number of nitriles is 1. The molecule has 0 heterocycles. The number of hydrogen-bond donors (Lipinski definition) is 3. The molecule has 68 valence electrons. The van der Waals surface area contributed by atoms with E-state index in [1.807, 2.05) is 6.07 Å². The van der Waals surface area contributed by atoms with Gasteiger partial charge in [-0.1, -0.05) is 0 Å². The largest absolute Gasteiger partial charge is 0.395 e. The van der Waals surface area contributed by atoms with Crippen molar-refractivity contribution in [2.45, 2.75) is 12.5 Å². The van der Waals surface area contributed by atoms with Gasteiger partial charge in [-0.25, -0.2) is 0 Å². The SMILES string of the molecule is CNC(=O)CC(C#N)NCCO. The number of amides is 1. The summed E-state index contributed by atoms with van der Waals surface area (Å²) < 4.78 is 0. The molecule has 0 rings (SSSR count). The van der Waals surface area contributed by atoms with E-state index in [4.69, 9.17) is 10.4 Å². The standard InChI is InChI=1S/C7H13N3O2/c1-9-7(12)4-6(5-8)10-2-3-11/h6,10-11H,2-4H2,1H3,(H,9,12). The number of nitrogens with one attached hydrogen (secondary N) is 2. The van der Waals surface area contributed by atoms with E-state index in [1.165, 1.54) is 7.05 Å². The lowest BCUT2D eigenvalue weighted by atomic mass is 10.2. The Kier molecular flexibility index (Phi) is 5.97. The second-order valence-electron chi connectivity index (χ2n) is 2.24. The second-order valence-corrected chi connectivity index (χ2v) is 2.24. The molecule has 0 aliphatic heterocycles. The van der Waals surface area contributed by atoms with Crippen molar-refractivity contribution in [3.05, 3.63) is 0 Å². The first-order chi connectivity index (χ1) is 5.74. The summed E-state index contributed by atoms with van der Waals surface area (Å²) >= 11 is 0. The van der Waals surface area contributed by atoms with Gasteiger partial charge in [0.15, 0.2) is 0 Å². The zero-order chi connectivity index (χ0) is 9.40. The fourth-order valence-corrected chi connectivity index (χ4v) is 0.690. The predicted octanol–water partition coefficient (Wildman–Crippen LogP) is -1.40. The highest BCUT2D eigenvalue weighted by Gasteiger charge is 2.09. The molecule has 1 amide bonds. The molecule has 5 heteroatoms. The topological polar surface area (TPSA) is 85.2 Å². The molecule has 1 unspecified atom stereocenters. The fraction of sp³-hybridized carbons (Fsp3) is 0.714. The van der Waals surface area contributed by atoms with Crippen LogP contribution in [0.2, 0.25) is 0 Å². The molecule has 0 aliphatic carbocycles. The molecule has 0 saturated carbocycles. The molecular weight excluding hydrogens is 158 g/mol. The van der Waals surface area contributed by atoms with Gasteiger partial charge in [0.2, 0.25) is 5.91 Å². The smallest absolute Gasteiger partial charge is 0.222 e. The zero-order valence-electron chi connectivity index (χ0n) is 7.00. The van der Waals surface area contributed by atoms with Crippen LogP contribution in [0, 0.1) is 11.3 Å². The molecule has 3 N–H and O–H groups in total. The third-order valence-electron chi connectivity index (χ3n) is 1.33. The first-order valence-electron chi connectivity index (χ1n) is 3.69. The minimum absolute atomic E-state index is 0.0358. The van der Waals surface area contributed by atoms with Gasteiger partial charge in [0.1, 0.15) is 6.04 Å². The Morgan fingerprint density at radius 1 is 1.75 bits per heavy atom. The van der Waals surface area contributed by atoms with E-state index in [9.17, 15) is 4.79 Å². The van der Waals surface area contributed by atoms with Crippen molar-refractivity contribution in [3.63, 3.8) is 0 Å². The number of hydrogen-bond acceptors (Lipinski definition) is 4. The van der Waals surface area contributed by atoms with E-state index < -0.39 is 6.04 Å². The molecule has 0 fully saturated rings. The Bertz CT molecular complexity index is 176. The summed E-state index contributed by atoms with van der Waals surface area (Å²) in [4.78, 5) is 10.8. The Labute approximate surface area is 71.4 Å². The Hall–Kier alpha value is -1.12. The molecule has 0 aromatic carbocycles. The van der Waals surface area contributed by atoms with Gasteiger partial charge in [-0.05, 0) is 0 Å². The van der Waals surface area contributed by atoms with Crippen molar-refractivity contribution in [3.8, 4) is 6.07 Å².